The van der Waals surface area contributed by atoms with Gasteiger partial charge in [-0.15, -0.1) is 0 Å². The Hall–Kier alpha value is -1.31. The largest absolute Gasteiger partial charge is 0.397 e. The Kier molecular flexibility index (Phi) is 4.75. The van der Waals surface area contributed by atoms with Gasteiger partial charge in [-0.3, -0.25) is 0 Å². The number of nitrogen functional groups attached to an aromatic ring is 1. The molecular formula is C14H24N4O2S. The standard InChI is InChI=1S/C14H24N4O2S/c1-3-18-8-6-11(7-9-18)17(2)14-10-12(21(16,19)20)4-5-13(14)15/h4-5,10-11H,3,6-9,15H2,1-2H3,(H2,16,19,20). The lowest BCUT2D eigenvalue weighted by molar-refractivity contribution is 0.221. The second-order valence-corrected chi connectivity index (χ2v) is 7.10. The Bertz CT molecular complexity index is 595. The van der Waals surface area contributed by atoms with Crippen molar-refractivity contribution < 1.29 is 8.42 Å². The third-order valence-electron chi connectivity index (χ3n) is 4.26. The highest BCUT2D eigenvalue weighted by atomic mass is 32.2. The third-order valence-corrected chi connectivity index (χ3v) is 5.17. The monoisotopic (exact) mass is 312 g/mol. The molecule has 0 radical (unpaired) electrons. The number of primary sulfonamides is 1. The van der Waals surface area contributed by atoms with Crippen LogP contribution in [0.5, 0.6) is 0 Å². The van der Waals surface area contributed by atoms with E-state index in [-0.39, 0.29) is 4.90 Å². The number of nitrogens with two attached hydrogens (primary N) is 2. The van der Waals surface area contributed by atoms with E-state index in [1.165, 1.54) is 6.07 Å². The highest BCUT2D eigenvalue weighted by molar-refractivity contribution is 7.89. The van der Waals surface area contributed by atoms with Crippen LogP contribution in [0.2, 0.25) is 0 Å². The first-order valence-electron chi connectivity index (χ1n) is 7.20. The van der Waals surface area contributed by atoms with Gasteiger partial charge >= 0.3 is 0 Å². The number of likely N-dealkylation sites (tertiary alicyclic amines) is 1. The molecule has 118 valence electrons. The van der Waals surface area contributed by atoms with Crippen molar-refractivity contribution in [3.05, 3.63) is 18.2 Å². The second kappa shape index (κ2) is 6.21. The van der Waals surface area contributed by atoms with E-state index in [1.54, 1.807) is 12.1 Å². The Labute approximate surface area is 126 Å². The summed E-state index contributed by atoms with van der Waals surface area (Å²) in [7, 11) is -1.75. The zero-order chi connectivity index (χ0) is 15.6. The molecule has 1 fully saturated rings. The number of nitrogens with zero attached hydrogens (tertiary/aromatic N) is 2. The van der Waals surface area contributed by atoms with E-state index in [0.717, 1.165) is 38.2 Å². The maximum atomic E-state index is 11.5. The number of hydrogen-bond acceptors (Lipinski definition) is 5. The van der Waals surface area contributed by atoms with Crippen LogP contribution in [-0.2, 0) is 10.0 Å². The third kappa shape index (κ3) is 3.66. The Balaban J connectivity index is 2.21. The molecule has 1 saturated heterocycles. The first-order valence-corrected chi connectivity index (χ1v) is 8.75. The summed E-state index contributed by atoms with van der Waals surface area (Å²) < 4.78 is 23.0. The predicted molar refractivity (Wildman–Crippen MR) is 85.8 cm³/mol. The number of hydrogen-bond donors (Lipinski definition) is 2. The van der Waals surface area contributed by atoms with Crippen LogP contribution >= 0.6 is 0 Å². The lowest BCUT2D eigenvalue weighted by Gasteiger charge is -2.38. The molecule has 1 aliphatic rings. The van der Waals surface area contributed by atoms with Gasteiger partial charge in [0.25, 0.3) is 0 Å². The Morgan fingerprint density at radius 1 is 1.33 bits per heavy atom. The molecule has 6 nitrogen and oxygen atoms in total. The summed E-state index contributed by atoms with van der Waals surface area (Å²) in [5.41, 5.74) is 7.31. The summed E-state index contributed by atoms with van der Waals surface area (Å²) in [6.45, 7) is 5.34. The van der Waals surface area contributed by atoms with Crippen molar-refractivity contribution in [2.45, 2.75) is 30.7 Å². The molecule has 1 heterocycles. The van der Waals surface area contributed by atoms with Gasteiger partial charge in [0, 0.05) is 26.2 Å². The first kappa shape index (κ1) is 16.1. The highest BCUT2D eigenvalue weighted by Crippen LogP contribution is 2.29. The van der Waals surface area contributed by atoms with E-state index in [0.29, 0.717) is 11.7 Å². The molecule has 0 saturated carbocycles. The zero-order valence-electron chi connectivity index (χ0n) is 12.6. The van der Waals surface area contributed by atoms with Crippen LogP contribution in [0.25, 0.3) is 0 Å². The molecule has 21 heavy (non-hydrogen) atoms. The molecule has 0 aliphatic carbocycles. The highest BCUT2D eigenvalue weighted by Gasteiger charge is 2.23. The molecule has 0 bridgehead atoms. The van der Waals surface area contributed by atoms with Crippen molar-refractivity contribution in [3.8, 4) is 0 Å². The molecule has 0 amide bonds. The van der Waals surface area contributed by atoms with E-state index in [9.17, 15) is 8.42 Å². The average Bonchev–Trinajstić information content (AvgIpc) is 2.46. The zero-order valence-corrected chi connectivity index (χ0v) is 13.4. The van der Waals surface area contributed by atoms with E-state index in [4.69, 9.17) is 10.9 Å². The number of anilines is 2. The van der Waals surface area contributed by atoms with Gasteiger partial charge in [-0.05, 0) is 37.6 Å². The van der Waals surface area contributed by atoms with Crippen molar-refractivity contribution in [1.82, 2.24) is 4.90 Å². The minimum absolute atomic E-state index is 0.101. The molecule has 2 rings (SSSR count). The van der Waals surface area contributed by atoms with Crippen LogP contribution in [0.4, 0.5) is 11.4 Å². The van der Waals surface area contributed by atoms with E-state index >= 15 is 0 Å². The minimum atomic E-state index is -3.71. The van der Waals surface area contributed by atoms with Crippen LogP contribution in [0.1, 0.15) is 19.8 Å². The molecule has 0 unspecified atom stereocenters. The van der Waals surface area contributed by atoms with Gasteiger partial charge in [-0.25, -0.2) is 13.6 Å². The van der Waals surface area contributed by atoms with Gasteiger partial charge in [-0.1, -0.05) is 6.92 Å². The van der Waals surface area contributed by atoms with E-state index in [2.05, 4.69) is 16.7 Å². The molecule has 0 atom stereocenters. The van der Waals surface area contributed by atoms with Crippen LogP contribution < -0.4 is 15.8 Å². The molecular weight excluding hydrogens is 288 g/mol. The van der Waals surface area contributed by atoms with Crippen LogP contribution in [0.15, 0.2) is 23.1 Å². The van der Waals surface area contributed by atoms with Gasteiger partial charge < -0.3 is 15.5 Å². The van der Waals surface area contributed by atoms with Crippen molar-refractivity contribution in [1.29, 1.82) is 0 Å². The quantitative estimate of drug-likeness (QED) is 0.804. The number of piperidine rings is 1. The van der Waals surface area contributed by atoms with Gasteiger partial charge in [0.1, 0.15) is 0 Å². The molecule has 0 aromatic heterocycles. The van der Waals surface area contributed by atoms with Crippen molar-refractivity contribution in [2.75, 3.05) is 37.3 Å². The van der Waals surface area contributed by atoms with E-state index < -0.39 is 10.0 Å². The lowest BCUT2D eigenvalue weighted by Crippen LogP contribution is -2.43. The summed E-state index contributed by atoms with van der Waals surface area (Å²) >= 11 is 0. The van der Waals surface area contributed by atoms with Gasteiger partial charge in [-0.2, -0.15) is 0 Å². The maximum Gasteiger partial charge on any atom is 0.238 e. The topological polar surface area (TPSA) is 92.7 Å². The van der Waals surface area contributed by atoms with Crippen LogP contribution in [0.3, 0.4) is 0 Å². The van der Waals surface area contributed by atoms with Crippen molar-refractivity contribution in [3.63, 3.8) is 0 Å². The van der Waals surface area contributed by atoms with Crippen LogP contribution in [-0.4, -0.2) is 46.0 Å². The van der Waals surface area contributed by atoms with E-state index in [1.807, 2.05) is 7.05 Å². The minimum Gasteiger partial charge on any atom is -0.397 e. The lowest BCUT2D eigenvalue weighted by atomic mass is 10.0. The summed E-state index contributed by atoms with van der Waals surface area (Å²) in [5.74, 6) is 0. The normalized spacial score (nSPS) is 17.9. The van der Waals surface area contributed by atoms with Gasteiger partial charge in [0.2, 0.25) is 10.0 Å². The summed E-state index contributed by atoms with van der Waals surface area (Å²) in [6.07, 6.45) is 2.09. The maximum absolute atomic E-state index is 11.5. The second-order valence-electron chi connectivity index (χ2n) is 5.54. The number of benzene rings is 1. The number of sulfonamides is 1. The SMILES string of the molecule is CCN1CCC(N(C)c2cc(S(N)(=O)=O)ccc2N)CC1. The van der Waals surface area contributed by atoms with Crippen molar-refractivity contribution >= 4 is 21.4 Å². The predicted octanol–water partition coefficient (Wildman–Crippen LogP) is 0.837. The first-order chi connectivity index (χ1) is 9.82. The summed E-state index contributed by atoms with van der Waals surface area (Å²) in [5, 5.41) is 5.20. The molecule has 4 N–H and O–H groups in total. The molecule has 0 spiro atoms. The average molecular weight is 312 g/mol. The molecule has 1 aromatic carbocycles. The summed E-state index contributed by atoms with van der Waals surface area (Å²) in [6, 6.07) is 4.98. The van der Waals surface area contributed by atoms with Gasteiger partial charge in [0.05, 0.1) is 16.3 Å². The summed E-state index contributed by atoms with van der Waals surface area (Å²) in [4.78, 5) is 4.59. The fraction of sp³-hybridized carbons (Fsp3) is 0.571. The Morgan fingerprint density at radius 2 is 1.95 bits per heavy atom. The smallest absolute Gasteiger partial charge is 0.238 e. The van der Waals surface area contributed by atoms with Crippen LogP contribution in [0, 0.1) is 0 Å². The fourth-order valence-electron chi connectivity index (χ4n) is 2.83. The van der Waals surface area contributed by atoms with Gasteiger partial charge in [0.15, 0.2) is 0 Å². The molecule has 1 aliphatic heterocycles. The van der Waals surface area contributed by atoms with Crippen molar-refractivity contribution in [2.24, 2.45) is 5.14 Å². The fourth-order valence-corrected chi connectivity index (χ4v) is 3.36. The number of rotatable bonds is 4. The Morgan fingerprint density at radius 3 is 2.48 bits per heavy atom. The molecule has 1 aromatic rings. The molecule has 7 heteroatoms.